The van der Waals surface area contributed by atoms with Crippen LogP contribution >= 0.6 is 11.6 Å². The van der Waals surface area contributed by atoms with Crippen LogP contribution in [0.2, 0.25) is 5.02 Å². The number of hydrogen-bond acceptors (Lipinski definition) is 1. The van der Waals surface area contributed by atoms with Gasteiger partial charge in [-0.05, 0) is 68.3 Å². The summed E-state index contributed by atoms with van der Waals surface area (Å²) >= 11 is 6.25. The van der Waals surface area contributed by atoms with Crippen LogP contribution in [0.4, 0.5) is 0 Å². The standard InChI is InChI=1S/C21H26ClN/c22-21-9-5-4-8-20(21)14-17-23-15-12-19(13-16-23)11-10-18-6-2-1-3-7-18/h1-9,19H,10-17H2. The second-order valence-electron chi connectivity index (χ2n) is 6.65. The molecule has 0 atom stereocenters. The monoisotopic (exact) mass is 327 g/mol. The Morgan fingerprint density at radius 1 is 0.870 bits per heavy atom. The summed E-state index contributed by atoms with van der Waals surface area (Å²) in [5, 5.41) is 0.908. The minimum absolute atomic E-state index is 0.895. The molecule has 23 heavy (non-hydrogen) atoms. The Kier molecular flexibility index (Phi) is 6.13. The number of halogens is 1. The van der Waals surface area contributed by atoms with Gasteiger partial charge in [-0.15, -0.1) is 0 Å². The van der Waals surface area contributed by atoms with Gasteiger partial charge in [0.05, 0.1) is 0 Å². The molecule has 1 heterocycles. The van der Waals surface area contributed by atoms with Gasteiger partial charge in [0.1, 0.15) is 0 Å². The zero-order valence-electron chi connectivity index (χ0n) is 13.8. The first kappa shape index (κ1) is 16.5. The van der Waals surface area contributed by atoms with Crippen molar-refractivity contribution in [2.45, 2.75) is 32.1 Å². The van der Waals surface area contributed by atoms with Gasteiger partial charge in [0.2, 0.25) is 0 Å². The van der Waals surface area contributed by atoms with Crippen LogP contribution in [0.25, 0.3) is 0 Å². The van der Waals surface area contributed by atoms with E-state index in [0.29, 0.717) is 0 Å². The van der Waals surface area contributed by atoms with Crippen molar-refractivity contribution in [3.63, 3.8) is 0 Å². The molecule has 122 valence electrons. The first-order valence-electron chi connectivity index (χ1n) is 8.81. The van der Waals surface area contributed by atoms with Crippen molar-refractivity contribution in [3.8, 4) is 0 Å². The lowest BCUT2D eigenvalue weighted by molar-refractivity contribution is 0.181. The second kappa shape index (κ2) is 8.52. The second-order valence-corrected chi connectivity index (χ2v) is 7.06. The van der Waals surface area contributed by atoms with Crippen LogP contribution < -0.4 is 0 Å². The van der Waals surface area contributed by atoms with Gasteiger partial charge in [-0.1, -0.05) is 60.1 Å². The first-order chi connectivity index (χ1) is 11.3. The van der Waals surface area contributed by atoms with E-state index in [4.69, 9.17) is 11.6 Å². The maximum absolute atomic E-state index is 6.25. The molecule has 1 aliphatic rings. The molecule has 0 N–H and O–H groups in total. The van der Waals surface area contributed by atoms with Gasteiger partial charge in [0, 0.05) is 11.6 Å². The number of nitrogens with zero attached hydrogens (tertiary/aromatic N) is 1. The van der Waals surface area contributed by atoms with E-state index >= 15 is 0 Å². The molecule has 0 spiro atoms. The van der Waals surface area contributed by atoms with Crippen molar-refractivity contribution in [2.24, 2.45) is 5.92 Å². The van der Waals surface area contributed by atoms with Gasteiger partial charge < -0.3 is 4.90 Å². The van der Waals surface area contributed by atoms with Crippen LogP contribution in [-0.4, -0.2) is 24.5 Å². The molecule has 0 saturated carbocycles. The van der Waals surface area contributed by atoms with Crippen molar-refractivity contribution in [3.05, 3.63) is 70.7 Å². The molecule has 1 nitrogen and oxygen atoms in total. The summed E-state index contributed by atoms with van der Waals surface area (Å²) in [5.74, 6) is 0.895. The van der Waals surface area contributed by atoms with Gasteiger partial charge >= 0.3 is 0 Å². The fourth-order valence-electron chi connectivity index (χ4n) is 3.49. The van der Waals surface area contributed by atoms with Crippen molar-refractivity contribution in [1.29, 1.82) is 0 Å². The maximum atomic E-state index is 6.25. The topological polar surface area (TPSA) is 3.24 Å². The predicted octanol–water partition coefficient (Wildman–Crippen LogP) is 5.23. The normalized spacial score (nSPS) is 16.6. The Hall–Kier alpha value is -1.31. The number of piperidine rings is 1. The van der Waals surface area contributed by atoms with Crippen LogP contribution in [0, 0.1) is 5.92 Å². The molecule has 2 aromatic carbocycles. The van der Waals surface area contributed by atoms with Gasteiger partial charge in [0.15, 0.2) is 0 Å². The van der Waals surface area contributed by atoms with Gasteiger partial charge in [0.25, 0.3) is 0 Å². The molecule has 2 heteroatoms. The van der Waals surface area contributed by atoms with E-state index in [-0.39, 0.29) is 0 Å². The molecule has 1 aliphatic heterocycles. The number of rotatable bonds is 6. The van der Waals surface area contributed by atoms with E-state index in [1.807, 2.05) is 12.1 Å². The number of likely N-dealkylation sites (tertiary alicyclic amines) is 1. The lowest BCUT2D eigenvalue weighted by atomic mass is 9.90. The van der Waals surface area contributed by atoms with E-state index in [2.05, 4.69) is 47.4 Å². The van der Waals surface area contributed by atoms with Gasteiger partial charge in [-0.2, -0.15) is 0 Å². The fourth-order valence-corrected chi connectivity index (χ4v) is 3.72. The smallest absolute Gasteiger partial charge is 0.0438 e. The number of hydrogen-bond donors (Lipinski definition) is 0. The Morgan fingerprint density at radius 2 is 1.57 bits per heavy atom. The van der Waals surface area contributed by atoms with Crippen LogP contribution in [0.3, 0.4) is 0 Å². The summed E-state index contributed by atoms with van der Waals surface area (Å²) < 4.78 is 0. The largest absolute Gasteiger partial charge is 0.303 e. The van der Waals surface area contributed by atoms with Crippen LogP contribution in [0.5, 0.6) is 0 Å². The van der Waals surface area contributed by atoms with Crippen molar-refractivity contribution < 1.29 is 0 Å². The molecule has 0 amide bonds. The average Bonchev–Trinajstić information content (AvgIpc) is 2.61. The van der Waals surface area contributed by atoms with E-state index < -0.39 is 0 Å². The third-order valence-corrected chi connectivity index (χ3v) is 5.42. The quantitative estimate of drug-likeness (QED) is 0.702. The van der Waals surface area contributed by atoms with E-state index in [1.54, 1.807) is 0 Å². The maximum Gasteiger partial charge on any atom is 0.0438 e. The van der Waals surface area contributed by atoms with E-state index in [1.165, 1.54) is 49.9 Å². The Balaban J connectivity index is 1.38. The molecular weight excluding hydrogens is 302 g/mol. The number of benzene rings is 2. The Bertz CT molecular complexity index is 588. The van der Waals surface area contributed by atoms with Gasteiger partial charge in [-0.3, -0.25) is 0 Å². The third kappa shape index (κ3) is 5.09. The van der Waals surface area contributed by atoms with Crippen molar-refractivity contribution in [1.82, 2.24) is 4.90 Å². The number of aryl methyl sites for hydroxylation is 1. The highest BCUT2D eigenvalue weighted by Crippen LogP contribution is 2.23. The molecule has 0 aromatic heterocycles. The summed E-state index contributed by atoms with van der Waals surface area (Å²) in [7, 11) is 0. The summed E-state index contributed by atoms with van der Waals surface area (Å²) in [4.78, 5) is 2.60. The fraction of sp³-hybridized carbons (Fsp3) is 0.429. The highest BCUT2D eigenvalue weighted by molar-refractivity contribution is 6.31. The minimum atomic E-state index is 0.895. The van der Waals surface area contributed by atoms with Crippen LogP contribution in [0.1, 0.15) is 30.4 Å². The van der Waals surface area contributed by atoms with Crippen molar-refractivity contribution in [2.75, 3.05) is 19.6 Å². The SMILES string of the molecule is Clc1ccccc1CCN1CCC(CCc2ccccc2)CC1. The summed E-state index contributed by atoms with van der Waals surface area (Å²) in [6.07, 6.45) is 6.31. The molecule has 3 rings (SSSR count). The predicted molar refractivity (Wildman–Crippen MR) is 99.1 cm³/mol. The third-order valence-electron chi connectivity index (χ3n) is 5.05. The highest BCUT2D eigenvalue weighted by atomic mass is 35.5. The Labute approximate surface area is 145 Å². The molecule has 0 unspecified atom stereocenters. The summed E-state index contributed by atoms with van der Waals surface area (Å²) in [6, 6.07) is 19.1. The lowest BCUT2D eigenvalue weighted by Crippen LogP contribution is -2.35. The minimum Gasteiger partial charge on any atom is -0.303 e. The first-order valence-corrected chi connectivity index (χ1v) is 9.19. The van der Waals surface area contributed by atoms with Gasteiger partial charge in [-0.25, -0.2) is 0 Å². The summed E-state index contributed by atoms with van der Waals surface area (Å²) in [6.45, 7) is 3.61. The lowest BCUT2D eigenvalue weighted by Gasteiger charge is -2.32. The van der Waals surface area contributed by atoms with E-state index in [9.17, 15) is 0 Å². The molecule has 1 saturated heterocycles. The molecule has 2 aromatic rings. The zero-order chi connectivity index (χ0) is 15.9. The van der Waals surface area contributed by atoms with Crippen molar-refractivity contribution >= 4 is 11.6 Å². The molecule has 0 radical (unpaired) electrons. The summed E-state index contributed by atoms with van der Waals surface area (Å²) in [5.41, 5.74) is 2.76. The zero-order valence-corrected chi connectivity index (χ0v) is 14.5. The molecule has 0 aliphatic carbocycles. The molecule has 0 bridgehead atoms. The van der Waals surface area contributed by atoms with Crippen LogP contribution in [0.15, 0.2) is 54.6 Å². The molecule has 1 fully saturated rings. The van der Waals surface area contributed by atoms with E-state index in [0.717, 1.165) is 23.9 Å². The van der Waals surface area contributed by atoms with Crippen LogP contribution in [-0.2, 0) is 12.8 Å². The average molecular weight is 328 g/mol. The highest BCUT2D eigenvalue weighted by Gasteiger charge is 2.18. The molecular formula is C21H26ClN. The Morgan fingerprint density at radius 3 is 2.30 bits per heavy atom.